The molecule has 0 saturated carbocycles. The molecule has 0 aliphatic heterocycles. The first-order chi connectivity index (χ1) is 6.07. The molecule has 0 atom stereocenters. The molecule has 0 unspecified atom stereocenters. The number of Topliss-reactive ketones (excluding diaryl/α,β-unsaturated/α-hetero) is 1. The summed E-state index contributed by atoms with van der Waals surface area (Å²) in [5.41, 5.74) is 2.72. The summed E-state index contributed by atoms with van der Waals surface area (Å²) >= 11 is 0. The number of carbonyl (C=O) groups is 1. The molecule has 1 rings (SSSR count). The Hall–Kier alpha value is -1.12. The van der Waals surface area contributed by atoms with Crippen LogP contribution in [0.3, 0.4) is 0 Å². The van der Waals surface area contributed by atoms with Crippen LogP contribution in [0.1, 0.15) is 41.5 Å². The van der Waals surface area contributed by atoms with E-state index in [1.54, 1.807) is 4.68 Å². The molecular formula is C10H16N2O. The highest BCUT2D eigenvalue weighted by molar-refractivity contribution is 5.95. The van der Waals surface area contributed by atoms with Crippen molar-refractivity contribution in [2.24, 2.45) is 7.05 Å². The van der Waals surface area contributed by atoms with Gasteiger partial charge < -0.3 is 0 Å². The Morgan fingerprint density at radius 1 is 1.46 bits per heavy atom. The van der Waals surface area contributed by atoms with E-state index in [0.29, 0.717) is 6.42 Å². The van der Waals surface area contributed by atoms with Gasteiger partial charge in [-0.05, 0) is 20.3 Å². The lowest BCUT2D eigenvalue weighted by atomic mass is 10.1. The minimum Gasteiger partial charge on any atom is -0.292 e. The van der Waals surface area contributed by atoms with Gasteiger partial charge in [0.2, 0.25) is 0 Å². The van der Waals surface area contributed by atoms with Crippen molar-refractivity contribution in [2.45, 2.75) is 33.6 Å². The van der Waals surface area contributed by atoms with Crippen molar-refractivity contribution in [3.8, 4) is 0 Å². The number of ketones is 1. The lowest BCUT2D eigenvalue weighted by Gasteiger charge is -2.00. The second kappa shape index (κ2) is 3.73. The summed E-state index contributed by atoms with van der Waals surface area (Å²) in [6, 6.07) is 0. The average molecular weight is 180 g/mol. The van der Waals surface area contributed by atoms with Crippen molar-refractivity contribution in [3.63, 3.8) is 0 Å². The molecular weight excluding hydrogens is 164 g/mol. The minimum absolute atomic E-state index is 0.197. The van der Waals surface area contributed by atoms with E-state index >= 15 is 0 Å². The Labute approximate surface area is 78.8 Å². The molecule has 0 aliphatic rings. The third-order valence-electron chi connectivity index (χ3n) is 2.26. The Bertz CT molecular complexity index is 326. The van der Waals surface area contributed by atoms with Gasteiger partial charge in [-0.3, -0.25) is 9.48 Å². The van der Waals surface area contributed by atoms with Crippen LogP contribution in [0.25, 0.3) is 0 Å². The topological polar surface area (TPSA) is 34.9 Å². The van der Waals surface area contributed by atoms with Crippen LogP contribution in [-0.4, -0.2) is 15.6 Å². The summed E-state index contributed by atoms with van der Waals surface area (Å²) in [4.78, 5) is 11.6. The first-order valence-electron chi connectivity index (χ1n) is 4.61. The Morgan fingerprint density at radius 3 is 2.46 bits per heavy atom. The normalized spacial score (nSPS) is 10.5. The third-order valence-corrected chi connectivity index (χ3v) is 2.26. The Balaban J connectivity index is 3.06. The monoisotopic (exact) mass is 180 g/mol. The molecule has 0 saturated heterocycles. The van der Waals surface area contributed by atoms with E-state index in [2.05, 4.69) is 5.10 Å². The quantitative estimate of drug-likeness (QED) is 0.667. The van der Waals surface area contributed by atoms with Crippen LogP contribution in [0.2, 0.25) is 0 Å². The van der Waals surface area contributed by atoms with Crippen LogP contribution in [0.15, 0.2) is 0 Å². The number of rotatable bonds is 3. The average Bonchev–Trinajstić information content (AvgIpc) is 2.27. The number of aromatic nitrogens is 2. The van der Waals surface area contributed by atoms with Crippen molar-refractivity contribution in [1.29, 1.82) is 0 Å². The van der Waals surface area contributed by atoms with E-state index in [4.69, 9.17) is 0 Å². The second-order valence-electron chi connectivity index (χ2n) is 3.36. The van der Waals surface area contributed by atoms with Crippen LogP contribution in [0.5, 0.6) is 0 Å². The zero-order valence-corrected chi connectivity index (χ0v) is 8.72. The van der Waals surface area contributed by atoms with Gasteiger partial charge in [-0.2, -0.15) is 5.10 Å². The summed E-state index contributed by atoms with van der Waals surface area (Å²) in [7, 11) is 1.82. The molecule has 72 valence electrons. The van der Waals surface area contributed by atoms with Crippen molar-refractivity contribution in [1.82, 2.24) is 9.78 Å². The molecule has 13 heavy (non-hydrogen) atoms. The first kappa shape index (κ1) is 9.96. The first-order valence-corrected chi connectivity index (χ1v) is 4.61. The van der Waals surface area contributed by atoms with E-state index < -0.39 is 0 Å². The van der Waals surface area contributed by atoms with Gasteiger partial charge in [0, 0.05) is 19.0 Å². The summed E-state index contributed by atoms with van der Waals surface area (Å²) in [6.07, 6.45) is 1.50. The SMILES string of the molecule is CCCC(=O)c1c(C)c(C)nn1C. The molecule has 1 aromatic heterocycles. The molecule has 0 amide bonds. The van der Waals surface area contributed by atoms with Gasteiger partial charge >= 0.3 is 0 Å². The lowest BCUT2D eigenvalue weighted by molar-refractivity contribution is 0.0972. The molecule has 3 heteroatoms. The molecule has 0 fully saturated rings. The third kappa shape index (κ3) is 1.79. The highest BCUT2D eigenvalue weighted by Gasteiger charge is 2.15. The van der Waals surface area contributed by atoms with Crippen molar-refractivity contribution < 1.29 is 4.79 Å². The fourth-order valence-electron chi connectivity index (χ4n) is 1.50. The van der Waals surface area contributed by atoms with Gasteiger partial charge in [-0.15, -0.1) is 0 Å². The van der Waals surface area contributed by atoms with E-state index in [9.17, 15) is 4.79 Å². The highest BCUT2D eigenvalue weighted by atomic mass is 16.1. The molecule has 1 heterocycles. The summed E-state index contributed by atoms with van der Waals surface area (Å²) < 4.78 is 1.68. The maximum atomic E-state index is 11.6. The molecule has 0 radical (unpaired) electrons. The van der Waals surface area contributed by atoms with Crippen LogP contribution >= 0.6 is 0 Å². The summed E-state index contributed by atoms with van der Waals surface area (Å²) in [5.74, 6) is 0.197. The van der Waals surface area contributed by atoms with Gasteiger partial charge in [0.1, 0.15) is 5.69 Å². The van der Waals surface area contributed by atoms with Crippen LogP contribution in [0, 0.1) is 13.8 Å². The zero-order valence-electron chi connectivity index (χ0n) is 8.72. The van der Waals surface area contributed by atoms with Gasteiger partial charge in [-0.1, -0.05) is 6.92 Å². The number of hydrogen-bond donors (Lipinski definition) is 0. The van der Waals surface area contributed by atoms with Gasteiger partial charge in [0.25, 0.3) is 0 Å². The smallest absolute Gasteiger partial charge is 0.181 e. The van der Waals surface area contributed by atoms with Crippen LogP contribution < -0.4 is 0 Å². The maximum Gasteiger partial charge on any atom is 0.181 e. The maximum absolute atomic E-state index is 11.6. The number of aryl methyl sites for hydroxylation is 2. The molecule has 0 N–H and O–H groups in total. The molecule has 0 bridgehead atoms. The van der Waals surface area contributed by atoms with E-state index in [-0.39, 0.29) is 5.78 Å². The minimum atomic E-state index is 0.197. The highest BCUT2D eigenvalue weighted by Crippen LogP contribution is 2.13. The predicted molar refractivity (Wildman–Crippen MR) is 51.9 cm³/mol. The second-order valence-corrected chi connectivity index (χ2v) is 3.36. The van der Waals surface area contributed by atoms with Crippen LogP contribution in [0.4, 0.5) is 0 Å². The Morgan fingerprint density at radius 2 is 2.08 bits per heavy atom. The molecule has 0 spiro atoms. The number of hydrogen-bond acceptors (Lipinski definition) is 2. The standard InChI is InChI=1S/C10H16N2O/c1-5-6-9(13)10-7(2)8(3)11-12(10)4/h5-6H2,1-4H3. The van der Waals surface area contributed by atoms with E-state index in [1.165, 1.54) is 0 Å². The number of carbonyl (C=O) groups excluding carboxylic acids is 1. The predicted octanol–water partition coefficient (Wildman–Crippen LogP) is 2.02. The Kier molecular flexibility index (Phi) is 2.86. The molecule has 0 aliphatic carbocycles. The van der Waals surface area contributed by atoms with E-state index in [0.717, 1.165) is 23.4 Å². The van der Waals surface area contributed by atoms with Gasteiger partial charge in [0.05, 0.1) is 5.69 Å². The molecule has 0 aromatic carbocycles. The van der Waals surface area contributed by atoms with Crippen LogP contribution in [-0.2, 0) is 7.05 Å². The molecule has 3 nitrogen and oxygen atoms in total. The summed E-state index contributed by atoms with van der Waals surface area (Å²) in [6.45, 7) is 5.89. The summed E-state index contributed by atoms with van der Waals surface area (Å²) in [5, 5.41) is 4.21. The molecule has 1 aromatic rings. The zero-order chi connectivity index (χ0) is 10.0. The van der Waals surface area contributed by atoms with E-state index in [1.807, 2.05) is 27.8 Å². The fraction of sp³-hybridized carbons (Fsp3) is 0.600. The fourth-order valence-corrected chi connectivity index (χ4v) is 1.50. The van der Waals surface area contributed by atoms with Crippen molar-refractivity contribution in [2.75, 3.05) is 0 Å². The number of nitrogens with zero attached hydrogens (tertiary/aromatic N) is 2. The van der Waals surface area contributed by atoms with Gasteiger partial charge in [-0.25, -0.2) is 0 Å². The van der Waals surface area contributed by atoms with Crippen molar-refractivity contribution >= 4 is 5.78 Å². The largest absolute Gasteiger partial charge is 0.292 e. The van der Waals surface area contributed by atoms with Gasteiger partial charge in [0.15, 0.2) is 5.78 Å². The lowest BCUT2D eigenvalue weighted by Crippen LogP contribution is -2.07. The van der Waals surface area contributed by atoms with Crippen molar-refractivity contribution in [3.05, 3.63) is 17.0 Å².